The molecule has 10 heteroatoms. The van der Waals surface area contributed by atoms with E-state index in [4.69, 9.17) is 33.2 Å². The van der Waals surface area contributed by atoms with E-state index in [0.29, 0.717) is 31.3 Å². The third-order valence-corrected chi connectivity index (χ3v) is 11.7. The zero-order valence-corrected chi connectivity index (χ0v) is 38.8. The molecule has 2 aliphatic rings. The van der Waals surface area contributed by atoms with Crippen molar-refractivity contribution in [3.05, 3.63) is 114 Å². The van der Waals surface area contributed by atoms with Crippen LogP contribution in [0.3, 0.4) is 0 Å². The average Bonchev–Trinajstić information content (AvgIpc) is 3.75. The normalized spacial score (nSPS) is 12.2. The van der Waals surface area contributed by atoms with Gasteiger partial charge in [-0.2, -0.15) is 4.57 Å². The molecule has 2 aliphatic heterocycles. The van der Waals surface area contributed by atoms with Crippen molar-refractivity contribution in [1.29, 1.82) is 0 Å². The van der Waals surface area contributed by atoms with Crippen molar-refractivity contribution in [2.45, 2.75) is 96.9 Å². The maximum Gasteiger partial charge on any atom is 0.310 e. The van der Waals surface area contributed by atoms with Crippen molar-refractivity contribution in [1.82, 2.24) is 0 Å². The number of hydrogen-bond acceptors (Lipinski definition) is 8. The van der Waals surface area contributed by atoms with Crippen LogP contribution in [0.1, 0.15) is 87.0 Å². The van der Waals surface area contributed by atoms with Gasteiger partial charge in [0, 0.05) is 22.9 Å². The number of benzene rings is 4. The minimum Gasteiger partial charge on any atom is -1.00 e. The molecular formula is C53H62BrNO8. The van der Waals surface area contributed by atoms with Crippen LogP contribution in [0.15, 0.2) is 92.2 Å². The van der Waals surface area contributed by atoms with Crippen LogP contribution in [0.25, 0.3) is 33.2 Å². The van der Waals surface area contributed by atoms with Crippen LogP contribution >= 0.6 is 0 Å². The molecule has 0 radical (unpaired) electrons. The number of aryl methyl sites for hydroxylation is 2. The highest BCUT2D eigenvalue weighted by atomic mass is 79.9. The smallest absolute Gasteiger partial charge is 0.310 e. The van der Waals surface area contributed by atoms with Gasteiger partial charge in [0.2, 0.25) is 12.5 Å². The fourth-order valence-corrected chi connectivity index (χ4v) is 8.65. The number of carbonyl (C=O) groups excluding carboxylic acids is 1. The molecule has 0 fully saturated rings. The molecule has 1 aromatic heterocycles. The summed E-state index contributed by atoms with van der Waals surface area (Å²) in [6.07, 6.45) is 18.1. The van der Waals surface area contributed by atoms with E-state index in [1.54, 1.807) is 14.2 Å². The predicted octanol–water partition coefficient (Wildman–Crippen LogP) is 8.30. The predicted molar refractivity (Wildman–Crippen MR) is 245 cm³/mol. The maximum atomic E-state index is 13.5. The van der Waals surface area contributed by atoms with Crippen LogP contribution in [0.5, 0.6) is 34.5 Å². The van der Waals surface area contributed by atoms with E-state index >= 15 is 0 Å². The Labute approximate surface area is 383 Å². The minimum atomic E-state index is -0.238. The molecule has 0 atom stereocenters. The number of carbonyl (C=O) groups is 1. The number of halogens is 1. The van der Waals surface area contributed by atoms with Crippen molar-refractivity contribution in [2.24, 2.45) is 0 Å². The monoisotopic (exact) mass is 919 g/mol. The third kappa shape index (κ3) is 11.4. The Balaban J connectivity index is 0.00000661. The zero-order chi connectivity index (χ0) is 43.3. The minimum absolute atomic E-state index is 0. The van der Waals surface area contributed by atoms with Gasteiger partial charge in [-0.05, 0) is 103 Å². The molecule has 9 nitrogen and oxygen atoms in total. The first kappa shape index (κ1) is 47.0. The number of allylic oxidation sites excluding steroid dienone is 2. The highest BCUT2D eigenvalue weighted by molar-refractivity contribution is 5.97. The summed E-state index contributed by atoms with van der Waals surface area (Å²) in [4.78, 5) is 13.5. The first-order valence-electron chi connectivity index (χ1n) is 22.4. The number of ether oxygens (including phenoxy) is 7. The summed E-state index contributed by atoms with van der Waals surface area (Å²) in [5.41, 5.74) is 8.67. The summed E-state index contributed by atoms with van der Waals surface area (Å²) in [6, 6.07) is 20.9. The van der Waals surface area contributed by atoms with Gasteiger partial charge < -0.3 is 50.1 Å². The number of esters is 1. The molecular weight excluding hydrogens is 858 g/mol. The van der Waals surface area contributed by atoms with E-state index in [9.17, 15) is 4.79 Å². The lowest BCUT2D eigenvalue weighted by atomic mass is 9.90. The Bertz CT molecular complexity index is 2370. The van der Waals surface area contributed by atoms with Gasteiger partial charge in [-0.25, -0.2) is 0 Å². The Hall–Kier alpha value is -5.48. The Kier molecular flexibility index (Phi) is 17.4. The van der Waals surface area contributed by atoms with Gasteiger partial charge in [0.15, 0.2) is 35.7 Å². The van der Waals surface area contributed by atoms with E-state index in [2.05, 4.69) is 73.3 Å². The molecule has 0 spiro atoms. The summed E-state index contributed by atoms with van der Waals surface area (Å²) >= 11 is 0. The van der Waals surface area contributed by atoms with Crippen LogP contribution < -0.4 is 50.0 Å². The van der Waals surface area contributed by atoms with Gasteiger partial charge in [0.25, 0.3) is 0 Å². The largest absolute Gasteiger partial charge is 1.00 e. The van der Waals surface area contributed by atoms with Gasteiger partial charge in [-0.15, -0.1) is 13.2 Å². The topological polar surface area (TPSA) is 85.6 Å². The molecule has 0 bridgehead atoms. The van der Waals surface area contributed by atoms with Gasteiger partial charge in [0.05, 0.1) is 51.4 Å². The molecule has 0 N–H and O–H groups in total. The molecule has 4 aromatic carbocycles. The van der Waals surface area contributed by atoms with Gasteiger partial charge in [0.1, 0.15) is 11.5 Å². The van der Waals surface area contributed by atoms with E-state index in [1.807, 2.05) is 30.4 Å². The Morgan fingerprint density at radius 3 is 2.16 bits per heavy atom. The second-order valence-corrected chi connectivity index (χ2v) is 16.1. The molecule has 0 unspecified atom stereocenters. The van der Waals surface area contributed by atoms with Crippen molar-refractivity contribution in [3.63, 3.8) is 0 Å². The lowest BCUT2D eigenvalue weighted by Gasteiger charge is -2.20. The number of fused-ring (bicyclic) bond motifs is 5. The number of methoxy groups -OCH3 is 2. The summed E-state index contributed by atoms with van der Waals surface area (Å²) in [7, 11) is 3.28. The summed E-state index contributed by atoms with van der Waals surface area (Å²) in [6.45, 7) is 12.8. The Morgan fingerprint density at radius 2 is 1.43 bits per heavy atom. The van der Waals surface area contributed by atoms with E-state index < -0.39 is 0 Å². The highest BCUT2D eigenvalue weighted by Gasteiger charge is 2.33. The molecule has 7 rings (SSSR count). The van der Waals surface area contributed by atoms with E-state index in [-0.39, 0.29) is 36.2 Å². The standard InChI is InChI=1S/C53H62NO8.BrH/c1-6-17-37-19-22-47(58-27-8-3)42(30-37)38-20-23-46(40(31-38)18-7-2)59-28-15-13-11-9-10-12-14-16-29-60-51(55)34-44-41-21-24-48(56-4)53(57-5)45(41)35-54-26-25-39-32-49-50(62-36-61-49)33-43(39)52(44)54;/h6-7,19-24,30-33,35H,1-2,8-18,25-29,34,36H2,3-5H3;1H/q+1;/p-1. The lowest BCUT2D eigenvalue weighted by Crippen LogP contribution is -3.00. The van der Waals surface area contributed by atoms with Crippen molar-refractivity contribution in [2.75, 3.05) is 40.8 Å². The number of hydrogen-bond donors (Lipinski definition) is 0. The first-order valence-corrected chi connectivity index (χ1v) is 22.4. The molecule has 5 aromatic rings. The third-order valence-electron chi connectivity index (χ3n) is 11.7. The highest BCUT2D eigenvalue weighted by Crippen LogP contribution is 2.44. The second-order valence-electron chi connectivity index (χ2n) is 16.1. The molecule has 0 saturated carbocycles. The SMILES string of the molecule is C=CCc1ccc(OCCC)c(-c2ccc(OCCCCCCCCCCOC(=O)Cc3c4[n+](cc5c(OC)c(OC)ccc35)CCc3cc5c(cc3-4)OCO5)c(CC=C)c2)c1.[Br-]. The average molecular weight is 921 g/mol. The number of rotatable bonds is 24. The lowest BCUT2D eigenvalue weighted by molar-refractivity contribution is -0.686. The molecule has 63 heavy (non-hydrogen) atoms. The Morgan fingerprint density at radius 1 is 0.730 bits per heavy atom. The van der Waals surface area contributed by atoms with Crippen molar-refractivity contribution < 1.29 is 59.5 Å². The number of nitrogens with zero attached hydrogens (tertiary/aromatic N) is 1. The van der Waals surface area contributed by atoms with Crippen LogP contribution in [0.2, 0.25) is 0 Å². The summed E-state index contributed by atoms with van der Waals surface area (Å²) < 4.78 is 43.4. The van der Waals surface area contributed by atoms with E-state index in [1.165, 1.54) is 30.4 Å². The van der Waals surface area contributed by atoms with Gasteiger partial charge in [-0.1, -0.05) is 69.7 Å². The molecule has 0 saturated heterocycles. The molecule has 334 valence electrons. The quantitative estimate of drug-likeness (QED) is 0.0265. The zero-order valence-electron chi connectivity index (χ0n) is 37.2. The number of unbranched alkanes of at least 4 members (excludes halogenated alkanes) is 7. The van der Waals surface area contributed by atoms with Crippen LogP contribution in [0, 0.1) is 0 Å². The summed E-state index contributed by atoms with van der Waals surface area (Å²) in [5, 5.41) is 1.83. The van der Waals surface area contributed by atoms with Gasteiger partial charge >= 0.3 is 5.97 Å². The summed E-state index contributed by atoms with van der Waals surface area (Å²) in [5.74, 6) is 4.36. The van der Waals surface area contributed by atoms with Crippen LogP contribution in [0.4, 0.5) is 0 Å². The second kappa shape index (κ2) is 23.3. The number of aromatic nitrogens is 1. The van der Waals surface area contributed by atoms with Gasteiger partial charge in [-0.3, -0.25) is 4.79 Å². The van der Waals surface area contributed by atoms with Crippen LogP contribution in [-0.4, -0.2) is 46.8 Å². The maximum absolute atomic E-state index is 13.5. The fourth-order valence-electron chi connectivity index (χ4n) is 8.65. The fraction of sp³-hybridized carbons (Fsp3) is 0.396. The van der Waals surface area contributed by atoms with Crippen molar-refractivity contribution >= 4 is 16.7 Å². The first-order chi connectivity index (χ1) is 30.5. The number of pyridine rings is 1. The van der Waals surface area contributed by atoms with Crippen molar-refractivity contribution in [3.8, 4) is 56.9 Å². The molecule has 0 amide bonds. The van der Waals surface area contributed by atoms with E-state index in [0.717, 1.165) is 132 Å². The molecule has 0 aliphatic carbocycles. The van der Waals surface area contributed by atoms with Crippen LogP contribution in [-0.2, 0) is 41.8 Å². The molecule has 3 heterocycles.